The van der Waals surface area contributed by atoms with Gasteiger partial charge >= 0.3 is 0 Å². The van der Waals surface area contributed by atoms with Crippen molar-refractivity contribution < 1.29 is 9.18 Å². The molecule has 28 heavy (non-hydrogen) atoms. The Bertz CT molecular complexity index is 1040. The molecular formula is C22H17FN2OS2. The predicted octanol–water partition coefficient (Wildman–Crippen LogP) is 5.46. The van der Waals surface area contributed by atoms with Gasteiger partial charge in [-0.25, -0.2) is 9.37 Å². The third-order valence-electron chi connectivity index (χ3n) is 4.25. The summed E-state index contributed by atoms with van der Waals surface area (Å²) in [6.45, 7) is 0. The second kappa shape index (κ2) is 8.46. The summed E-state index contributed by atoms with van der Waals surface area (Å²) in [6.07, 6.45) is 0.201. The van der Waals surface area contributed by atoms with Crippen molar-refractivity contribution in [1.82, 2.24) is 10.3 Å². The van der Waals surface area contributed by atoms with Crippen LogP contribution in [0.1, 0.15) is 22.2 Å². The minimum atomic E-state index is -0.277. The van der Waals surface area contributed by atoms with Gasteiger partial charge in [0.05, 0.1) is 18.2 Å². The molecule has 2 aromatic heterocycles. The third-order valence-corrected chi connectivity index (χ3v) is 6.13. The fraction of sp³-hybridized carbons (Fsp3) is 0.0909. The highest BCUT2D eigenvalue weighted by Crippen LogP contribution is 2.27. The van der Waals surface area contributed by atoms with Crippen molar-refractivity contribution in [1.29, 1.82) is 0 Å². The van der Waals surface area contributed by atoms with E-state index in [0.717, 1.165) is 21.0 Å². The van der Waals surface area contributed by atoms with E-state index in [1.54, 1.807) is 23.5 Å². The van der Waals surface area contributed by atoms with Crippen LogP contribution in [0.2, 0.25) is 0 Å². The summed E-state index contributed by atoms with van der Waals surface area (Å²) in [4.78, 5) is 18.3. The Kier molecular flexibility index (Phi) is 5.60. The van der Waals surface area contributed by atoms with Crippen LogP contribution in [-0.4, -0.2) is 10.9 Å². The number of benzene rings is 2. The molecule has 4 aromatic rings. The van der Waals surface area contributed by atoms with Crippen LogP contribution in [0.4, 0.5) is 4.39 Å². The first-order valence-electron chi connectivity index (χ1n) is 8.77. The number of amides is 1. The first-order chi connectivity index (χ1) is 13.7. The number of nitrogens with one attached hydrogen (secondary N) is 1. The van der Waals surface area contributed by atoms with E-state index in [1.165, 1.54) is 23.5 Å². The van der Waals surface area contributed by atoms with Crippen molar-refractivity contribution in [3.63, 3.8) is 0 Å². The first kappa shape index (κ1) is 18.5. The molecule has 1 unspecified atom stereocenters. The molecule has 140 valence electrons. The number of hydrogen-bond donors (Lipinski definition) is 1. The number of halogens is 1. The van der Waals surface area contributed by atoms with Gasteiger partial charge in [0, 0.05) is 15.8 Å². The third kappa shape index (κ3) is 4.35. The largest absolute Gasteiger partial charge is 0.344 e. The van der Waals surface area contributed by atoms with E-state index in [1.807, 2.05) is 53.2 Å². The topological polar surface area (TPSA) is 42.0 Å². The lowest BCUT2D eigenvalue weighted by molar-refractivity contribution is -0.120. The van der Waals surface area contributed by atoms with E-state index >= 15 is 0 Å². The predicted molar refractivity (Wildman–Crippen MR) is 112 cm³/mol. The lowest BCUT2D eigenvalue weighted by Gasteiger charge is -2.17. The van der Waals surface area contributed by atoms with E-state index in [4.69, 9.17) is 0 Å². The fourth-order valence-electron chi connectivity index (χ4n) is 2.91. The molecule has 2 aromatic carbocycles. The van der Waals surface area contributed by atoms with Crippen molar-refractivity contribution in [3.8, 4) is 10.6 Å². The monoisotopic (exact) mass is 408 g/mol. The van der Waals surface area contributed by atoms with Gasteiger partial charge in [0.25, 0.3) is 0 Å². The zero-order valence-electron chi connectivity index (χ0n) is 14.8. The van der Waals surface area contributed by atoms with Gasteiger partial charge < -0.3 is 5.32 Å². The van der Waals surface area contributed by atoms with Gasteiger partial charge in [0.15, 0.2) is 0 Å². The molecule has 6 heteroatoms. The Hall–Kier alpha value is -2.83. The van der Waals surface area contributed by atoms with E-state index in [2.05, 4.69) is 10.3 Å². The van der Waals surface area contributed by atoms with Crippen molar-refractivity contribution in [2.45, 2.75) is 12.5 Å². The van der Waals surface area contributed by atoms with Gasteiger partial charge in [-0.1, -0.05) is 36.4 Å². The number of carbonyl (C=O) groups excluding carboxylic acids is 1. The minimum Gasteiger partial charge on any atom is -0.344 e. The van der Waals surface area contributed by atoms with Crippen LogP contribution in [0, 0.1) is 5.82 Å². The molecule has 0 aliphatic heterocycles. The van der Waals surface area contributed by atoms with E-state index in [-0.39, 0.29) is 24.2 Å². The van der Waals surface area contributed by atoms with Crippen molar-refractivity contribution in [2.75, 3.05) is 0 Å². The molecule has 1 atom stereocenters. The molecule has 4 rings (SSSR count). The Balaban J connectivity index is 1.48. The Labute approximate surface area is 170 Å². The van der Waals surface area contributed by atoms with Gasteiger partial charge in [-0.2, -0.15) is 0 Å². The number of carbonyl (C=O) groups is 1. The molecule has 0 fully saturated rings. The number of hydrogen-bond acceptors (Lipinski definition) is 4. The van der Waals surface area contributed by atoms with Gasteiger partial charge in [0.2, 0.25) is 5.91 Å². The summed E-state index contributed by atoms with van der Waals surface area (Å²) in [5.41, 5.74) is 2.60. The van der Waals surface area contributed by atoms with Crippen molar-refractivity contribution in [3.05, 3.63) is 99.4 Å². The van der Waals surface area contributed by atoms with Gasteiger partial charge in [-0.3, -0.25) is 4.79 Å². The zero-order chi connectivity index (χ0) is 19.3. The maximum atomic E-state index is 13.1. The summed E-state index contributed by atoms with van der Waals surface area (Å²) < 4.78 is 13.1. The van der Waals surface area contributed by atoms with E-state index in [9.17, 15) is 9.18 Å². The quantitative estimate of drug-likeness (QED) is 0.460. The molecule has 0 aliphatic carbocycles. The number of aromatic nitrogens is 1. The van der Waals surface area contributed by atoms with Crippen molar-refractivity contribution >= 4 is 28.6 Å². The van der Waals surface area contributed by atoms with E-state index < -0.39 is 0 Å². The van der Waals surface area contributed by atoms with Crippen LogP contribution in [0.25, 0.3) is 10.6 Å². The number of rotatable bonds is 6. The molecule has 0 spiro atoms. The summed E-state index contributed by atoms with van der Waals surface area (Å²) in [5, 5.41) is 7.79. The van der Waals surface area contributed by atoms with Crippen LogP contribution in [0.3, 0.4) is 0 Å². The second-order valence-corrected chi connectivity index (χ2v) is 8.09. The fourth-order valence-corrected chi connectivity index (χ4v) is 4.54. The molecule has 2 heterocycles. The standard InChI is InChI=1S/C22H17FN2OS2/c23-17-10-8-16(9-11-17)22-24-18(14-28-22)13-20(26)25-21(19-7-4-12-27-19)15-5-2-1-3-6-15/h1-12,14,21H,13H2,(H,25,26). The van der Waals surface area contributed by atoms with Crippen LogP contribution in [-0.2, 0) is 11.2 Å². The van der Waals surface area contributed by atoms with Crippen LogP contribution in [0.15, 0.2) is 77.5 Å². The zero-order valence-corrected chi connectivity index (χ0v) is 16.5. The molecule has 1 N–H and O–H groups in total. The molecular weight excluding hydrogens is 391 g/mol. The maximum absolute atomic E-state index is 13.1. The normalized spacial score (nSPS) is 11.9. The molecule has 0 saturated carbocycles. The molecule has 0 radical (unpaired) electrons. The Morgan fingerprint density at radius 3 is 2.50 bits per heavy atom. The lowest BCUT2D eigenvalue weighted by atomic mass is 10.1. The lowest BCUT2D eigenvalue weighted by Crippen LogP contribution is -2.30. The maximum Gasteiger partial charge on any atom is 0.226 e. The summed E-state index contributed by atoms with van der Waals surface area (Å²) >= 11 is 3.07. The molecule has 3 nitrogen and oxygen atoms in total. The summed E-state index contributed by atoms with van der Waals surface area (Å²) in [6, 6.07) is 20.0. The SMILES string of the molecule is O=C(Cc1csc(-c2ccc(F)cc2)n1)NC(c1ccccc1)c1cccs1. The highest BCUT2D eigenvalue weighted by molar-refractivity contribution is 7.13. The molecule has 0 aliphatic rings. The van der Waals surface area contributed by atoms with Gasteiger partial charge in [-0.15, -0.1) is 22.7 Å². The van der Waals surface area contributed by atoms with E-state index in [0.29, 0.717) is 5.69 Å². The Morgan fingerprint density at radius 2 is 1.79 bits per heavy atom. The summed E-state index contributed by atoms with van der Waals surface area (Å²) in [5.74, 6) is -0.362. The average Bonchev–Trinajstić information content (AvgIpc) is 3.40. The minimum absolute atomic E-state index is 0.0850. The average molecular weight is 409 g/mol. The number of thiazole rings is 1. The van der Waals surface area contributed by atoms with Gasteiger partial charge in [0.1, 0.15) is 10.8 Å². The molecule has 0 bridgehead atoms. The number of thiophene rings is 1. The van der Waals surface area contributed by atoms with Crippen molar-refractivity contribution in [2.24, 2.45) is 0 Å². The highest BCUT2D eigenvalue weighted by atomic mass is 32.1. The van der Waals surface area contributed by atoms with Crippen LogP contribution < -0.4 is 5.32 Å². The Morgan fingerprint density at radius 1 is 1.00 bits per heavy atom. The second-order valence-electron chi connectivity index (χ2n) is 6.25. The first-order valence-corrected chi connectivity index (χ1v) is 10.5. The highest BCUT2D eigenvalue weighted by Gasteiger charge is 2.18. The molecule has 0 saturated heterocycles. The molecule has 1 amide bonds. The van der Waals surface area contributed by atoms with Crippen LogP contribution >= 0.6 is 22.7 Å². The summed E-state index contributed by atoms with van der Waals surface area (Å²) in [7, 11) is 0. The van der Waals surface area contributed by atoms with Crippen LogP contribution in [0.5, 0.6) is 0 Å². The smallest absolute Gasteiger partial charge is 0.226 e. The van der Waals surface area contributed by atoms with Gasteiger partial charge in [-0.05, 0) is 41.3 Å². The number of nitrogens with zero attached hydrogens (tertiary/aromatic N) is 1.